The van der Waals surface area contributed by atoms with Gasteiger partial charge in [0.1, 0.15) is 5.76 Å². The van der Waals surface area contributed by atoms with Crippen molar-refractivity contribution in [1.29, 1.82) is 0 Å². The highest BCUT2D eigenvalue weighted by Crippen LogP contribution is 2.18. The van der Waals surface area contributed by atoms with Gasteiger partial charge in [-0.1, -0.05) is 0 Å². The van der Waals surface area contributed by atoms with Crippen molar-refractivity contribution >= 4 is 10.0 Å². The van der Waals surface area contributed by atoms with E-state index in [1.807, 2.05) is 12.3 Å². The molecular formula is C10H13N3O3S. The lowest BCUT2D eigenvalue weighted by molar-refractivity contribution is 0.565. The van der Waals surface area contributed by atoms with Crippen molar-refractivity contribution in [2.45, 2.75) is 6.54 Å². The first-order valence-electron chi connectivity index (χ1n) is 5.05. The first-order chi connectivity index (χ1) is 8.04. The molecule has 0 radical (unpaired) electrons. The van der Waals surface area contributed by atoms with Crippen LogP contribution in [0.2, 0.25) is 0 Å². The summed E-state index contributed by atoms with van der Waals surface area (Å²) in [5.74, 6) is 0.743. The number of hydrogen-bond donors (Lipinski definition) is 1. The van der Waals surface area contributed by atoms with E-state index in [9.17, 15) is 8.42 Å². The number of hydrogen-bond acceptors (Lipinski definition) is 4. The van der Waals surface area contributed by atoms with Crippen LogP contribution in [-0.2, 0) is 16.6 Å². The fourth-order valence-corrected chi connectivity index (χ4v) is 1.86. The highest BCUT2D eigenvalue weighted by molar-refractivity contribution is 7.88. The Kier molecular flexibility index (Phi) is 3.30. The molecule has 0 aromatic carbocycles. The molecule has 7 heteroatoms. The van der Waals surface area contributed by atoms with Crippen LogP contribution in [0.5, 0.6) is 0 Å². The third-order valence-electron chi connectivity index (χ3n) is 2.14. The van der Waals surface area contributed by atoms with E-state index in [0.717, 1.165) is 17.6 Å². The van der Waals surface area contributed by atoms with Crippen molar-refractivity contribution in [2.24, 2.45) is 0 Å². The molecule has 2 rings (SSSR count). The molecular weight excluding hydrogens is 242 g/mol. The monoisotopic (exact) mass is 255 g/mol. The van der Waals surface area contributed by atoms with Crippen molar-refractivity contribution in [2.75, 3.05) is 12.8 Å². The molecule has 0 atom stereocenters. The molecule has 0 spiro atoms. The summed E-state index contributed by atoms with van der Waals surface area (Å²) < 4.78 is 31.0. The maximum atomic E-state index is 10.9. The number of furan rings is 1. The van der Waals surface area contributed by atoms with Crippen LogP contribution in [0.15, 0.2) is 35.2 Å². The zero-order valence-corrected chi connectivity index (χ0v) is 10.1. The van der Waals surface area contributed by atoms with Crippen molar-refractivity contribution in [3.05, 3.63) is 30.8 Å². The molecule has 0 aliphatic heterocycles. The van der Waals surface area contributed by atoms with Gasteiger partial charge in [0.25, 0.3) is 0 Å². The van der Waals surface area contributed by atoms with Gasteiger partial charge in [0, 0.05) is 12.7 Å². The lowest BCUT2D eigenvalue weighted by Crippen LogP contribution is -2.26. The minimum Gasteiger partial charge on any atom is -0.464 e. The summed E-state index contributed by atoms with van der Waals surface area (Å²) in [5, 5.41) is 4.11. The van der Waals surface area contributed by atoms with E-state index in [1.165, 1.54) is 0 Å². The van der Waals surface area contributed by atoms with Crippen LogP contribution in [0.4, 0.5) is 0 Å². The van der Waals surface area contributed by atoms with Gasteiger partial charge in [-0.3, -0.25) is 4.68 Å². The second-order valence-corrected chi connectivity index (χ2v) is 5.47. The number of aromatic nitrogens is 2. The molecule has 0 amide bonds. The van der Waals surface area contributed by atoms with Crippen LogP contribution in [-0.4, -0.2) is 31.0 Å². The first-order valence-corrected chi connectivity index (χ1v) is 6.95. The highest BCUT2D eigenvalue weighted by Gasteiger charge is 2.04. The Morgan fingerprint density at radius 1 is 1.53 bits per heavy atom. The molecule has 2 aromatic rings. The summed E-state index contributed by atoms with van der Waals surface area (Å²) in [4.78, 5) is 0. The van der Waals surface area contributed by atoms with Crippen LogP contribution in [0.25, 0.3) is 11.3 Å². The van der Waals surface area contributed by atoms with Gasteiger partial charge >= 0.3 is 0 Å². The first kappa shape index (κ1) is 11.9. The van der Waals surface area contributed by atoms with Crippen LogP contribution < -0.4 is 4.72 Å². The standard InChI is InChI=1S/C10H13N3O3S/c1-17(14,15)12-4-5-13-8-9(7-11-13)10-3-2-6-16-10/h2-3,6-8,12H,4-5H2,1H3. The Balaban J connectivity index is 1.95. The van der Waals surface area contributed by atoms with Crippen molar-refractivity contribution < 1.29 is 12.8 Å². The minimum absolute atomic E-state index is 0.318. The van der Waals surface area contributed by atoms with Crippen LogP contribution >= 0.6 is 0 Å². The van der Waals surface area contributed by atoms with E-state index < -0.39 is 10.0 Å². The Morgan fingerprint density at radius 2 is 2.35 bits per heavy atom. The van der Waals surface area contributed by atoms with Gasteiger partial charge in [0.15, 0.2) is 0 Å². The average molecular weight is 255 g/mol. The Morgan fingerprint density at radius 3 is 3.00 bits per heavy atom. The summed E-state index contributed by atoms with van der Waals surface area (Å²) in [7, 11) is -3.14. The SMILES string of the molecule is CS(=O)(=O)NCCn1cc(-c2ccco2)cn1. The molecule has 0 saturated heterocycles. The number of nitrogens with one attached hydrogen (secondary N) is 1. The molecule has 17 heavy (non-hydrogen) atoms. The third kappa shape index (κ3) is 3.43. The molecule has 0 saturated carbocycles. The van der Waals surface area contributed by atoms with Gasteiger partial charge in [0.05, 0.1) is 30.8 Å². The summed E-state index contributed by atoms with van der Waals surface area (Å²) in [6, 6.07) is 3.65. The molecule has 0 aliphatic carbocycles. The lowest BCUT2D eigenvalue weighted by Gasteiger charge is -2.01. The average Bonchev–Trinajstić information content (AvgIpc) is 2.83. The van der Waals surface area contributed by atoms with E-state index in [2.05, 4.69) is 9.82 Å². The van der Waals surface area contributed by atoms with E-state index in [4.69, 9.17) is 4.42 Å². The summed E-state index contributed by atoms with van der Waals surface area (Å²) in [6.07, 6.45) is 6.21. The smallest absolute Gasteiger partial charge is 0.208 e. The molecule has 2 heterocycles. The summed E-state index contributed by atoms with van der Waals surface area (Å²) in [5.41, 5.74) is 0.870. The summed E-state index contributed by atoms with van der Waals surface area (Å²) in [6.45, 7) is 0.798. The quantitative estimate of drug-likeness (QED) is 0.852. The van der Waals surface area contributed by atoms with Gasteiger partial charge in [-0.2, -0.15) is 5.10 Å². The van der Waals surface area contributed by atoms with E-state index >= 15 is 0 Å². The van der Waals surface area contributed by atoms with Crippen LogP contribution in [0.1, 0.15) is 0 Å². The summed E-state index contributed by atoms with van der Waals surface area (Å²) >= 11 is 0. The molecule has 92 valence electrons. The molecule has 2 aromatic heterocycles. The number of nitrogens with zero attached hydrogens (tertiary/aromatic N) is 2. The third-order valence-corrected chi connectivity index (χ3v) is 2.87. The normalized spacial score (nSPS) is 11.8. The van der Waals surface area contributed by atoms with E-state index in [0.29, 0.717) is 13.1 Å². The van der Waals surface area contributed by atoms with Gasteiger partial charge < -0.3 is 4.42 Å². The maximum Gasteiger partial charge on any atom is 0.208 e. The fraction of sp³-hybridized carbons (Fsp3) is 0.300. The number of sulfonamides is 1. The molecule has 0 unspecified atom stereocenters. The fourth-order valence-electron chi connectivity index (χ4n) is 1.40. The minimum atomic E-state index is -3.14. The van der Waals surface area contributed by atoms with Crippen molar-refractivity contribution in [1.82, 2.24) is 14.5 Å². The topological polar surface area (TPSA) is 77.1 Å². The molecule has 6 nitrogen and oxygen atoms in total. The second kappa shape index (κ2) is 4.72. The van der Waals surface area contributed by atoms with E-state index in [1.54, 1.807) is 23.2 Å². The predicted octanol–water partition coefficient (Wildman–Crippen LogP) is 0.692. The van der Waals surface area contributed by atoms with Crippen molar-refractivity contribution in [3.63, 3.8) is 0 Å². The predicted molar refractivity (Wildman–Crippen MR) is 62.8 cm³/mol. The van der Waals surface area contributed by atoms with Crippen LogP contribution in [0.3, 0.4) is 0 Å². The van der Waals surface area contributed by atoms with Gasteiger partial charge in [-0.15, -0.1) is 0 Å². The Bertz CT molecular complexity index is 572. The van der Waals surface area contributed by atoms with Gasteiger partial charge in [0.2, 0.25) is 10.0 Å². The molecule has 0 fully saturated rings. The highest BCUT2D eigenvalue weighted by atomic mass is 32.2. The number of rotatable bonds is 5. The maximum absolute atomic E-state index is 10.9. The second-order valence-electron chi connectivity index (χ2n) is 3.64. The molecule has 1 N–H and O–H groups in total. The zero-order chi connectivity index (χ0) is 12.3. The van der Waals surface area contributed by atoms with Crippen molar-refractivity contribution in [3.8, 4) is 11.3 Å². The van der Waals surface area contributed by atoms with Gasteiger partial charge in [-0.25, -0.2) is 13.1 Å². The largest absolute Gasteiger partial charge is 0.464 e. The van der Waals surface area contributed by atoms with E-state index in [-0.39, 0.29) is 0 Å². The Labute approximate surface area is 99.3 Å². The lowest BCUT2D eigenvalue weighted by atomic mass is 10.3. The zero-order valence-electron chi connectivity index (χ0n) is 9.33. The van der Waals surface area contributed by atoms with Crippen LogP contribution in [0, 0.1) is 0 Å². The Hall–Kier alpha value is -1.60. The van der Waals surface area contributed by atoms with Gasteiger partial charge in [-0.05, 0) is 12.1 Å². The molecule has 0 aliphatic rings. The molecule has 0 bridgehead atoms.